The summed E-state index contributed by atoms with van der Waals surface area (Å²) in [4.78, 5) is 2.26. The van der Waals surface area contributed by atoms with Crippen LogP contribution in [-0.2, 0) is 4.74 Å². The van der Waals surface area contributed by atoms with Crippen LogP contribution >= 0.6 is 0 Å². The minimum atomic E-state index is -0.0836. The molecule has 1 aliphatic heterocycles. The highest BCUT2D eigenvalue weighted by atomic mass is 16.5. The van der Waals surface area contributed by atoms with Crippen molar-refractivity contribution >= 4 is 5.84 Å². The molecule has 1 aliphatic rings. The summed E-state index contributed by atoms with van der Waals surface area (Å²) < 4.78 is 5.38. The molecule has 0 aromatic carbocycles. The van der Waals surface area contributed by atoms with Gasteiger partial charge in [0.1, 0.15) is 0 Å². The van der Waals surface area contributed by atoms with Crippen LogP contribution in [0.2, 0.25) is 0 Å². The number of nitrogens with zero attached hydrogens (tertiary/aromatic N) is 1. The smallest absolute Gasteiger partial charge is 0.0932 e. The van der Waals surface area contributed by atoms with E-state index in [4.69, 9.17) is 21.0 Å². The number of hydrogen-bond acceptors (Lipinski definition) is 4. The largest absolute Gasteiger partial charge is 0.394 e. The van der Waals surface area contributed by atoms with Crippen LogP contribution in [0.15, 0.2) is 0 Å². The van der Waals surface area contributed by atoms with Gasteiger partial charge in [0.2, 0.25) is 0 Å². The van der Waals surface area contributed by atoms with Crippen molar-refractivity contribution in [2.24, 2.45) is 5.73 Å². The van der Waals surface area contributed by atoms with Crippen molar-refractivity contribution in [2.45, 2.75) is 31.9 Å². The highest BCUT2D eigenvalue weighted by molar-refractivity contribution is 5.77. The van der Waals surface area contributed by atoms with E-state index >= 15 is 0 Å². The Labute approximate surface area is 90.7 Å². The van der Waals surface area contributed by atoms with E-state index in [2.05, 4.69) is 11.8 Å². The molecule has 5 heteroatoms. The number of nitrogens with two attached hydrogens (primary N) is 1. The average molecular weight is 215 g/mol. The molecule has 0 spiro atoms. The summed E-state index contributed by atoms with van der Waals surface area (Å²) in [6.07, 6.45) is 1.49. The van der Waals surface area contributed by atoms with Crippen molar-refractivity contribution < 1.29 is 9.84 Å². The summed E-state index contributed by atoms with van der Waals surface area (Å²) in [5, 5.41) is 16.3. The molecule has 4 N–H and O–H groups in total. The van der Waals surface area contributed by atoms with Crippen LogP contribution in [0.25, 0.3) is 0 Å². The number of amidine groups is 1. The number of morpholine rings is 1. The Morgan fingerprint density at radius 1 is 1.73 bits per heavy atom. The summed E-state index contributed by atoms with van der Waals surface area (Å²) in [7, 11) is 0. The lowest BCUT2D eigenvalue weighted by Crippen LogP contribution is -2.49. The molecule has 1 rings (SSSR count). The van der Waals surface area contributed by atoms with Gasteiger partial charge in [-0.3, -0.25) is 10.3 Å². The maximum Gasteiger partial charge on any atom is 0.0932 e. The summed E-state index contributed by atoms with van der Waals surface area (Å²) in [5.74, 6) is 0.230. The van der Waals surface area contributed by atoms with E-state index in [1.54, 1.807) is 0 Å². The molecule has 5 nitrogen and oxygen atoms in total. The van der Waals surface area contributed by atoms with Crippen LogP contribution in [0.5, 0.6) is 0 Å². The van der Waals surface area contributed by atoms with E-state index in [0.29, 0.717) is 19.1 Å². The lowest BCUT2D eigenvalue weighted by molar-refractivity contribution is -0.0643. The van der Waals surface area contributed by atoms with Crippen LogP contribution < -0.4 is 5.73 Å². The van der Waals surface area contributed by atoms with Gasteiger partial charge in [0.25, 0.3) is 0 Å². The molecule has 88 valence electrons. The second-order valence-corrected chi connectivity index (χ2v) is 3.96. The third-order valence-corrected chi connectivity index (χ3v) is 2.82. The lowest BCUT2D eigenvalue weighted by atomic mass is 10.1. The number of aliphatic hydroxyl groups is 1. The van der Waals surface area contributed by atoms with Crippen LogP contribution in [-0.4, -0.2) is 54.3 Å². The highest BCUT2D eigenvalue weighted by Crippen LogP contribution is 2.13. The molecule has 1 heterocycles. The Kier molecular flexibility index (Phi) is 5.01. The van der Waals surface area contributed by atoms with Crippen molar-refractivity contribution in [1.82, 2.24) is 4.90 Å². The fourth-order valence-electron chi connectivity index (χ4n) is 1.97. The van der Waals surface area contributed by atoms with Crippen molar-refractivity contribution in [2.75, 3.05) is 26.3 Å². The first-order chi connectivity index (χ1) is 7.17. The number of rotatable bonds is 5. The standard InChI is InChI=1S/C10H21N3O2/c1-2-8(5-10(11)12)13-3-4-15-9(6-13)7-14/h8-9,14H,2-7H2,1H3,(H3,11,12). The molecule has 2 atom stereocenters. The Bertz CT molecular complexity index is 211. The summed E-state index contributed by atoms with van der Waals surface area (Å²) >= 11 is 0. The minimum Gasteiger partial charge on any atom is -0.394 e. The maximum atomic E-state index is 9.03. The van der Waals surface area contributed by atoms with Crippen molar-refractivity contribution in [3.8, 4) is 0 Å². The van der Waals surface area contributed by atoms with Gasteiger partial charge in [0, 0.05) is 25.6 Å². The fourth-order valence-corrected chi connectivity index (χ4v) is 1.97. The molecular weight excluding hydrogens is 194 g/mol. The Hall–Kier alpha value is -0.650. The molecule has 0 radical (unpaired) electrons. The van der Waals surface area contributed by atoms with Gasteiger partial charge in [0.15, 0.2) is 0 Å². The van der Waals surface area contributed by atoms with Crippen molar-refractivity contribution in [3.05, 3.63) is 0 Å². The van der Waals surface area contributed by atoms with Crippen LogP contribution in [0.4, 0.5) is 0 Å². The zero-order valence-corrected chi connectivity index (χ0v) is 9.28. The van der Waals surface area contributed by atoms with E-state index in [0.717, 1.165) is 19.5 Å². The molecule has 1 fully saturated rings. The molecule has 0 saturated carbocycles. The van der Waals surface area contributed by atoms with E-state index < -0.39 is 0 Å². The Morgan fingerprint density at radius 2 is 2.47 bits per heavy atom. The van der Waals surface area contributed by atoms with Crippen LogP contribution in [0.3, 0.4) is 0 Å². The Morgan fingerprint density at radius 3 is 3.00 bits per heavy atom. The first-order valence-corrected chi connectivity index (χ1v) is 5.46. The van der Waals surface area contributed by atoms with E-state index in [1.165, 1.54) is 0 Å². The van der Waals surface area contributed by atoms with Crippen molar-refractivity contribution in [3.63, 3.8) is 0 Å². The van der Waals surface area contributed by atoms with Crippen LogP contribution in [0.1, 0.15) is 19.8 Å². The van der Waals surface area contributed by atoms with E-state index in [1.807, 2.05) is 0 Å². The van der Waals surface area contributed by atoms with Gasteiger partial charge in [-0.25, -0.2) is 0 Å². The van der Waals surface area contributed by atoms with E-state index in [-0.39, 0.29) is 18.5 Å². The SMILES string of the molecule is CCC(CC(=N)N)N1CCOC(CO)C1. The number of hydrogen-bond donors (Lipinski definition) is 3. The molecule has 0 aromatic rings. The second kappa shape index (κ2) is 6.05. The maximum absolute atomic E-state index is 9.03. The summed E-state index contributed by atoms with van der Waals surface area (Å²) in [6, 6.07) is 0.306. The monoisotopic (exact) mass is 215 g/mol. The van der Waals surface area contributed by atoms with Gasteiger partial charge in [-0.05, 0) is 6.42 Å². The topological polar surface area (TPSA) is 82.6 Å². The first kappa shape index (κ1) is 12.4. The highest BCUT2D eigenvalue weighted by Gasteiger charge is 2.25. The third-order valence-electron chi connectivity index (χ3n) is 2.82. The summed E-state index contributed by atoms with van der Waals surface area (Å²) in [6.45, 7) is 4.41. The predicted octanol–water partition coefficient (Wildman–Crippen LogP) is -0.216. The molecule has 15 heavy (non-hydrogen) atoms. The molecule has 2 unspecified atom stereocenters. The lowest BCUT2D eigenvalue weighted by Gasteiger charge is -2.37. The van der Waals surface area contributed by atoms with Gasteiger partial charge < -0.3 is 15.6 Å². The zero-order valence-electron chi connectivity index (χ0n) is 9.28. The third kappa shape index (κ3) is 3.77. The van der Waals surface area contributed by atoms with Crippen LogP contribution in [0, 0.1) is 5.41 Å². The van der Waals surface area contributed by atoms with Gasteiger partial charge in [0.05, 0.1) is 25.2 Å². The molecular formula is C10H21N3O2. The zero-order chi connectivity index (χ0) is 11.3. The van der Waals surface area contributed by atoms with Gasteiger partial charge >= 0.3 is 0 Å². The Balaban J connectivity index is 2.47. The molecule has 1 saturated heterocycles. The molecule has 0 amide bonds. The predicted molar refractivity (Wildman–Crippen MR) is 59.0 cm³/mol. The fraction of sp³-hybridized carbons (Fsp3) is 0.900. The number of ether oxygens (including phenoxy) is 1. The van der Waals surface area contributed by atoms with Crippen molar-refractivity contribution in [1.29, 1.82) is 5.41 Å². The van der Waals surface area contributed by atoms with E-state index in [9.17, 15) is 0 Å². The number of nitrogens with one attached hydrogen (secondary N) is 1. The molecule has 0 aliphatic carbocycles. The minimum absolute atomic E-state index is 0.0625. The normalized spacial score (nSPS) is 25.1. The summed E-state index contributed by atoms with van der Waals surface area (Å²) in [5.41, 5.74) is 5.42. The average Bonchev–Trinajstić information content (AvgIpc) is 2.25. The number of aliphatic hydroxyl groups excluding tert-OH is 1. The quantitative estimate of drug-likeness (QED) is 0.437. The first-order valence-electron chi connectivity index (χ1n) is 5.46. The second-order valence-electron chi connectivity index (χ2n) is 3.96. The molecule has 0 bridgehead atoms. The molecule has 0 aromatic heterocycles. The van der Waals surface area contributed by atoms with Gasteiger partial charge in [-0.1, -0.05) is 6.92 Å². The van der Waals surface area contributed by atoms with Gasteiger partial charge in [-0.15, -0.1) is 0 Å². The van der Waals surface area contributed by atoms with Gasteiger partial charge in [-0.2, -0.15) is 0 Å².